The Morgan fingerprint density at radius 1 is 0.429 bits per heavy atom. The van der Waals surface area contributed by atoms with Crippen molar-refractivity contribution in [3.63, 3.8) is 0 Å². The van der Waals surface area contributed by atoms with E-state index in [-0.39, 0.29) is 0 Å². The summed E-state index contributed by atoms with van der Waals surface area (Å²) in [5.41, 5.74) is 6.00. The average Bonchev–Trinajstić information content (AvgIpc) is 3.51. The first-order chi connectivity index (χ1) is 24.3. The lowest BCUT2D eigenvalue weighted by Crippen LogP contribution is -2.76. The van der Waals surface area contributed by atoms with E-state index in [0.717, 1.165) is 17.2 Å². The van der Waals surface area contributed by atoms with Gasteiger partial charge in [0.25, 0.3) is 0 Å². The van der Waals surface area contributed by atoms with Gasteiger partial charge in [0.1, 0.15) is 11.5 Å². The van der Waals surface area contributed by atoms with Gasteiger partial charge in [-0.2, -0.15) is 0 Å². The number of ether oxygens (including phenoxy) is 1. The van der Waals surface area contributed by atoms with Crippen LogP contribution in [0.4, 0.5) is 0 Å². The second-order valence-corrected chi connectivity index (χ2v) is 16.6. The summed E-state index contributed by atoms with van der Waals surface area (Å²) in [5.74, 6) is 1.87. The fourth-order valence-corrected chi connectivity index (χ4v) is 13.4. The standard InChI is InChI=1S/C46H31NOSi/c1-2-14-33(15-3-1)38-19-12-23-44-46(38)49(45-24-11-10-22-43(45)48-44,37-28-25-32-13-4-5-16-34(32)31-37)36-29-26-35(27-30-36)47-41-20-8-6-17-39(41)40-18-7-9-21-42(40)47/h1-31H. The molecule has 2 heterocycles. The highest BCUT2D eigenvalue weighted by molar-refractivity contribution is 7.21. The highest BCUT2D eigenvalue weighted by Crippen LogP contribution is 2.35. The van der Waals surface area contributed by atoms with Gasteiger partial charge in [-0.3, -0.25) is 0 Å². The van der Waals surface area contributed by atoms with E-state index in [1.807, 2.05) is 0 Å². The van der Waals surface area contributed by atoms with Gasteiger partial charge in [-0.15, -0.1) is 0 Å². The maximum absolute atomic E-state index is 6.83. The monoisotopic (exact) mass is 641 g/mol. The SMILES string of the molecule is c1ccc(-c2cccc3c2[Si](c2ccc(-n4c5ccccc5c5ccccc54)cc2)(c2ccc4ccccc4c2)c2ccccc2O3)cc1. The Labute approximate surface area is 286 Å². The molecule has 0 fully saturated rings. The molecule has 3 heteroatoms. The number of nitrogens with zero attached hydrogens (tertiary/aromatic N) is 1. The van der Waals surface area contributed by atoms with Gasteiger partial charge in [-0.25, -0.2) is 0 Å². The second-order valence-electron chi connectivity index (χ2n) is 12.9. The summed E-state index contributed by atoms with van der Waals surface area (Å²) in [6.07, 6.45) is 0. The fourth-order valence-electron chi connectivity index (χ4n) is 8.23. The Bertz CT molecular complexity index is 2640. The maximum atomic E-state index is 6.83. The smallest absolute Gasteiger partial charge is 0.189 e. The molecule has 0 radical (unpaired) electrons. The van der Waals surface area contributed by atoms with Crippen molar-refractivity contribution in [2.75, 3.05) is 0 Å². The number of benzene rings is 8. The van der Waals surface area contributed by atoms with E-state index in [1.165, 1.54) is 64.5 Å². The Morgan fingerprint density at radius 2 is 1.04 bits per heavy atom. The van der Waals surface area contributed by atoms with E-state index in [0.29, 0.717) is 0 Å². The van der Waals surface area contributed by atoms with Crippen molar-refractivity contribution >= 4 is 61.4 Å². The molecule has 230 valence electrons. The van der Waals surface area contributed by atoms with Crippen molar-refractivity contribution in [3.05, 3.63) is 188 Å². The van der Waals surface area contributed by atoms with Gasteiger partial charge in [0, 0.05) is 21.6 Å². The normalized spacial score (nSPS) is 15.2. The summed E-state index contributed by atoms with van der Waals surface area (Å²) in [7, 11) is -2.97. The minimum absolute atomic E-state index is 0.936. The van der Waals surface area contributed by atoms with Crippen molar-refractivity contribution < 1.29 is 4.74 Å². The number of hydrogen-bond donors (Lipinski definition) is 0. The van der Waals surface area contributed by atoms with Gasteiger partial charge >= 0.3 is 0 Å². The summed E-state index contributed by atoms with van der Waals surface area (Å²) in [4.78, 5) is 0. The van der Waals surface area contributed by atoms with Crippen molar-refractivity contribution in [2.24, 2.45) is 0 Å². The molecule has 1 aliphatic heterocycles. The molecule has 0 N–H and O–H groups in total. The Hall–Kier alpha value is -6.16. The molecule has 1 atom stereocenters. The highest BCUT2D eigenvalue weighted by Gasteiger charge is 2.49. The van der Waals surface area contributed by atoms with Crippen LogP contribution in [0.1, 0.15) is 0 Å². The molecule has 2 nitrogen and oxygen atoms in total. The molecule has 1 aliphatic rings. The van der Waals surface area contributed by atoms with E-state index in [2.05, 4.69) is 193 Å². The van der Waals surface area contributed by atoms with Gasteiger partial charge in [-0.1, -0.05) is 152 Å². The Kier molecular flexibility index (Phi) is 6.23. The van der Waals surface area contributed by atoms with E-state index in [4.69, 9.17) is 4.74 Å². The molecule has 0 aliphatic carbocycles. The average molecular weight is 642 g/mol. The van der Waals surface area contributed by atoms with Crippen molar-refractivity contribution in [3.8, 4) is 28.3 Å². The van der Waals surface area contributed by atoms with Crippen LogP contribution in [0.15, 0.2) is 188 Å². The van der Waals surface area contributed by atoms with Gasteiger partial charge in [-0.05, 0) is 73.9 Å². The topological polar surface area (TPSA) is 14.2 Å². The van der Waals surface area contributed by atoms with E-state index < -0.39 is 8.07 Å². The molecular weight excluding hydrogens is 611 g/mol. The van der Waals surface area contributed by atoms with Crippen LogP contribution in [-0.2, 0) is 0 Å². The van der Waals surface area contributed by atoms with Crippen LogP contribution in [0.25, 0.3) is 49.4 Å². The van der Waals surface area contributed by atoms with Crippen LogP contribution in [-0.4, -0.2) is 12.6 Å². The van der Waals surface area contributed by atoms with Gasteiger partial charge in [0.15, 0.2) is 8.07 Å². The maximum Gasteiger partial charge on any atom is 0.189 e. The Morgan fingerprint density at radius 3 is 1.82 bits per heavy atom. The lowest BCUT2D eigenvalue weighted by molar-refractivity contribution is 0.487. The predicted molar refractivity (Wildman–Crippen MR) is 207 cm³/mol. The zero-order chi connectivity index (χ0) is 32.4. The molecule has 0 saturated heterocycles. The first-order valence-corrected chi connectivity index (χ1v) is 18.9. The van der Waals surface area contributed by atoms with Gasteiger partial charge in [0.05, 0.1) is 11.0 Å². The molecule has 0 amide bonds. The summed E-state index contributed by atoms with van der Waals surface area (Å²) in [6.45, 7) is 0. The minimum Gasteiger partial charge on any atom is -0.458 e. The lowest BCUT2D eigenvalue weighted by atomic mass is 10.1. The first kappa shape index (κ1) is 27.9. The first-order valence-electron chi connectivity index (χ1n) is 16.9. The third-order valence-electron chi connectivity index (χ3n) is 10.3. The number of para-hydroxylation sites is 3. The van der Waals surface area contributed by atoms with Crippen LogP contribution in [0.2, 0.25) is 0 Å². The molecule has 1 aromatic heterocycles. The molecule has 49 heavy (non-hydrogen) atoms. The zero-order valence-electron chi connectivity index (χ0n) is 26.8. The molecule has 0 saturated carbocycles. The summed E-state index contributed by atoms with van der Waals surface area (Å²) < 4.78 is 9.24. The third kappa shape index (κ3) is 4.13. The van der Waals surface area contributed by atoms with Gasteiger partial charge in [0.2, 0.25) is 0 Å². The molecule has 0 bridgehead atoms. The van der Waals surface area contributed by atoms with Crippen LogP contribution in [0, 0.1) is 0 Å². The summed E-state index contributed by atoms with van der Waals surface area (Å²) >= 11 is 0. The van der Waals surface area contributed by atoms with Crippen LogP contribution >= 0.6 is 0 Å². The molecule has 10 rings (SSSR count). The lowest BCUT2D eigenvalue weighted by Gasteiger charge is -2.41. The summed E-state index contributed by atoms with van der Waals surface area (Å²) in [5, 5.41) is 10.3. The van der Waals surface area contributed by atoms with Crippen molar-refractivity contribution in [2.45, 2.75) is 0 Å². The van der Waals surface area contributed by atoms with Crippen LogP contribution < -0.4 is 25.5 Å². The Balaban J connectivity index is 1.30. The van der Waals surface area contributed by atoms with Crippen molar-refractivity contribution in [1.82, 2.24) is 4.57 Å². The number of rotatable bonds is 4. The molecule has 9 aromatic rings. The molecule has 8 aromatic carbocycles. The van der Waals surface area contributed by atoms with Crippen LogP contribution in [0.3, 0.4) is 0 Å². The minimum atomic E-state index is -2.97. The van der Waals surface area contributed by atoms with E-state index >= 15 is 0 Å². The third-order valence-corrected chi connectivity index (χ3v) is 15.2. The zero-order valence-corrected chi connectivity index (χ0v) is 27.8. The summed E-state index contributed by atoms with van der Waals surface area (Å²) in [6, 6.07) is 68.8. The van der Waals surface area contributed by atoms with E-state index in [1.54, 1.807) is 0 Å². The number of aromatic nitrogens is 1. The number of fused-ring (bicyclic) bond motifs is 6. The largest absolute Gasteiger partial charge is 0.458 e. The second kappa shape index (κ2) is 10.9. The van der Waals surface area contributed by atoms with Gasteiger partial charge < -0.3 is 9.30 Å². The van der Waals surface area contributed by atoms with Crippen LogP contribution in [0.5, 0.6) is 11.5 Å². The quantitative estimate of drug-likeness (QED) is 0.175. The molecule has 1 unspecified atom stereocenters. The molecular formula is C46H31NOSi. The fraction of sp³-hybridized carbons (Fsp3) is 0. The van der Waals surface area contributed by atoms with Crippen molar-refractivity contribution in [1.29, 1.82) is 0 Å². The predicted octanol–water partition coefficient (Wildman–Crippen LogP) is 9.09. The van der Waals surface area contributed by atoms with E-state index in [9.17, 15) is 0 Å². The number of hydrogen-bond acceptors (Lipinski definition) is 1. The molecule has 0 spiro atoms. The highest BCUT2D eigenvalue weighted by atomic mass is 28.3.